The number of halogens is 1. The van der Waals surface area contributed by atoms with Gasteiger partial charge in [0.1, 0.15) is 5.82 Å². The van der Waals surface area contributed by atoms with Crippen LogP contribution in [0.5, 0.6) is 0 Å². The summed E-state index contributed by atoms with van der Waals surface area (Å²) in [6.07, 6.45) is 1.61. The molecule has 2 aromatic rings. The largest absolute Gasteiger partial charge is 0.459 e. The fourth-order valence-corrected chi connectivity index (χ4v) is 3.16. The molecule has 25 heavy (non-hydrogen) atoms. The zero-order valence-electron chi connectivity index (χ0n) is 14.7. The highest BCUT2D eigenvalue weighted by molar-refractivity contribution is 5.92. The van der Waals surface area contributed by atoms with Gasteiger partial charge in [0.05, 0.1) is 24.2 Å². The molecule has 1 fully saturated rings. The first-order valence-corrected chi connectivity index (χ1v) is 8.45. The SMILES string of the molecule is Cc1ccoc1C(=O)NCc1ccc(N2CC(C)OC(C)C2)c(F)c1. The molecule has 0 radical (unpaired) electrons. The summed E-state index contributed by atoms with van der Waals surface area (Å²) in [5, 5.41) is 2.75. The third-order valence-electron chi connectivity index (χ3n) is 4.29. The molecule has 0 saturated carbocycles. The number of carbonyl (C=O) groups excluding carboxylic acids is 1. The zero-order valence-corrected chi connectivity index (χ0v) is 14.7. The van der Waals surface area contributed by atoms with Gasteiger partial charge in [-0.25, -0.2) is 4.39 Å². The summed E-state index contributed by atoms with van der Waals surface area (Å²) >= 11 is 0. The molecule has 1 aliphatic rings. The first-order chi connectivity index (χ1) is 11.9. The predicted octanol–water partition coefficient (Wildman–Crippen LogP) is 3.27. The molecule has 0 aliphatic carbocycles. The Morgan fingerprint density at radius 2 is 2.00 bits per heavy atom. The first-order valence-electron chi connectivity index (χ1n) is 8.45. The van der Waals surface area contributed by atoms with E-state index < -0.39 is 0 Å². The molecule has 1 N–H and O–H groups in total. The van der Waals surface area contributed by atoms with Crippen LogP contribution >= 0.6 is 0 Å². The molecular weight excluding hydrogens is 323 g/mol. The van der Waals surface area contributed by atoms with Crippen molar-refractivity contribution in [2.24, 2.45) is 0 Å². The number of aryl methyl sites for hydroxylation is 1. The van der Waals surface area contributed by atoms with E-state index in [1.807, 2.05) is 24.8 Å². The molecule has 0 bridgehead atoms. The number of nitrogens with zero attached hydrogens (tertiary/aromatic N) is 1. The van der Waals surface area contributed by atoms with E-state index >= 15 is 0 Å². The lowest BCUT2D eigenvalue weighted by Crippen LogP contribution is -2.45. The van der Waals surface area contributed by atoms with Crippen molar-refractivity contribution in [1.82, 2.24) is 5.32 Å². The van der Waals surface area contributed by atoms with Crippen LogP contribution in [0.1, 0.15) is 35.5 Å². The molecular formula is C19H23FN2O3. The monoisotopic (exact) mass is 346 g/mol. The van der Waals surface area contributed by atoms with Crippen LogP contribution < -0.4 is 10.2 Å². The molecule has 134 valence electrons. The Labute approximate surface area is 146 Å². The Hall–Kier alpha value is -2.34. The molecule has 1 aliphatic heterocycles. The summed E-state index contributed by atoms with van der Waals surface area (Å²) in [6.45, 7) is 7.34. The van der Waals surface area contributed by atoms with Crippen molar-refractivity contribution in [1.29, 1.82) is 0 Å². The number of ether oxygens (including phenoxy) is 1. The van der Waals surface area contributed by atoms with Crippen molar-refractivity contribution in [3.05, 3.63) is 53.2 Å². The minimum absolute atomic E-state index is 0.0682. The highest BCUT2D eigenvalue weighted by Crippen LogP contribution is 2.24. The maximum atomic E-state index is 14.5. The topological polar surface area (TPSA) is 54.7 Å². The van der Waals surface area contributed by atoms with Crippen LogP contribution in [0.15, 0.2) is 34.9 Å². The van der Waals surface area contributed by atoms with Gasteiger partial charge in [-0.1, -0.05) is 6.07 Å². The third kappa shape index (κ3) is 4.02. The predicted molar refractivity (Wildman–Crippen MR) is 93.2 cm³/mol. The Morgan fingerprint density at radius 3 is 2.60 bits per heavy atom. The second-order valence-corrected chi connectivity index (χ2v) is 6.56. The van der Waals surface area contributed by atoms with Crippen LogP contribution in [0.2, 0.25) is 0 Å². The van der Waals surface area contributed by atoms with Crippen LogP contribution in [0.4, 0.5) is 10.1 Å². The number of rotatable bonds is 4. The first kappa shape index (κ1) is 17.5. The highest BCUT2D eigenvalue weighted by atomic mass is 19.1. The molecule has 5 nitrogen and oxygen atoms in total. The minimum Gasteiger partial charge on any atom is -0.459 e. The summed E-state index contributed by atoms with van der Waals surface area (Å²) in [5.74, 6) is -0.307. The quantitative estimate of drug-likeness (QED) is 0.923. The Morgan fingerprint density at radius 1 is 1.28 bits per heavy atom. The summed E-state index contributed by atoms with van der Waals surface area (Å²) < 4.78 is 25.4. The summed E-state index contributed by atoms with van der Waals surface area (Å²) in [5.41, 5.74) is 2.04. The van der Waals surface area contributed by atoms with Crippen LogP contribution in [0.3, 0.4) is 0 Å². The van der Waals surface area contributed by atoms with Crippen molar-refractivity contribution in [3.63, 3.8) is 0 Å². The van der Waals surface area contributed by atoms with Gasteiger partial charge in [-0.3, -0.25) is 4.79 Å². The van der Waals surface area contributed by atoms with Gasteiger partial charge in [0.15, 0.2) is 5.76 Å². The summed E-state index contributed by atoms with van der Waals surface area (Å²) in [4.78, 5) is 14.1. The second-order valence-electron chi connectivity index (χ2n) is 6.56. The lowest BCUT2D eigenvalue weighted by atomic mass is 10.1. The Kier molecular flexibility index (Phi) is 5.08. The highest BCUT2D eigenvalue weighted by Gasteiger charge is 2.24. The molecule has 1 saturated heterocycles. The maximum absolute atomic E-state index is 14.5. The van der Waals surface area contributed by atoms with Gasteiger partial charge in [0.25, 0.3) is 5.91 Å². The number of hydrogen-bond donors (Lipinski definition) is 1. The molecule has 0 spiro atoms. The Balaban J connectivity index is 1.66. The zero-order chi connectivity index (χ0) is 18.0. The molecule has 2 heterocycles. The fourth-order valence-electron chi connectivity index (χ4n) is 3.16. The Bertz CT molecular complexity index is 749. The number of nitrogens with one attached hydrogen (secondary N) is 1. The molecule has 1 aromatic carbocycles. The second kappa shape index (κ2) is 7.27. The lowest BCUT2D eigenvalue weighted by Gasteiger charge is -2.37. The van der Waals surface area contributed by atoms with Crippen LogP contribution in [0.25, 0.3) is 0 Å². The smallest absolute Gasteiger partial charge is 0.287 e. The molecule has 2 unspecified atom stereocenters. The minimum atomic E-state index is -0.303. The number of morpholine rings is 1. The van der Waals surface area contributed by atoms with E-state index in [0.717, 1.165) is 5.56 Å². The lowest BCUT2D eigenvalue weighted by molar-refractivity contribution is -0.00539. The van der Waals surface area contributed by atoms with Crippen molar-refractivity contribution >= 4 is 11.6 Å². The molecule has 2 atom stereocenters. The number of anilines is 1. The molecule has 3 rings (SSSR count). The van der Waals surface area contributed by atoms with Gasteiger partial charge < -0.3 is 19.4 Å². The van der Waals surface area contributed by atoms with Crippen molar-refractivity contribution < 1.29 is 18.3 Å². The van der Waals surface area contributed by atoms with Gasteiger partial charge in [0.2, 0.25) is 0 Å². The van der Waals surface area contributed by atoms with Gasteiger partial charge >= 0.3 is 0 Å². The number of carbonyl (C=O) groups is 1. The maximum Gasteiger partial charge on any atom is 0.287 e. The van der Waals surface area contributed by atoms with Gasteiger partial charge in [-0.05, 0) is 44.5 Å². The number of furan rings is 1. The summed E-state index contributed by atoms with van der Waals surface area (Å²) in [7, 11) is 0. The van der Waals surface area contributed by atoms with Crippen LogP contribution in [-0.2, 0) is 11.3 Å². The number of hydrogen-bond acceptors (Lipinski definition) is 4. The average molecular weight is 346 g/mol. The van der Waals surface area contributed by atoms with E-state index in [0.29, 0.717) is 24.3 Å². The average Bonchev–Trinajstić information content (AvgIpc) is 2.98. The van der Waals surface area contributed by atoms with E-state index in [1.54, 1.807) is 19.1 Å². The molecule has 6 heteroatoms. The summed E-state index contributed by atoms with van der Waals surface area (Å²) in [6, 6.07) is 6.79. The number of benzene rings is 1. The van der Waals surface area contributed by atoms with E-state index in [2.05, 4.69) is 5.32 Å². The van der Waals surface area contributed by atoms with Gasteiger partial charge in [-0.2, -0.15) is 0 Å². The fraction of sp³-hybridized carbons (Fsp3) is 0.421. The molecule has 1 amide bonds. The van der Waals surface area contributed by atoms with E-state index in [-0.39, 0.29) is 36.2 Å². The van der Waals surface area contributed by atoms with Crippen molar-refractivity contribution in [2.45, 2.75) is 39.5 Å². The van der Waals surface area contributed by atoms with Crippen molar-refractivity contribution in [2.75, 3.05) is 18.0 Å². The van der Waals surface area contributed by atoms with Gasteiger partial charge in [0, 0.05) is 25.2 Å². The van der Waals surface area contributed by atoms with Crippen LogP contribution in [-0.4, -0.2) is 31.2 Å². The van der Waals surface area contributed by atoms with E-state index in [4.69, 9.17) is 9.15 Å². The molecule has 1 aromatic heterocycles. The number of amides is 1. The van der Waals surface area contributed by atoms with Crippen molar-refractivity contribution in [3.8, 4) is 0 Å². The third-order valence-corrected chi connectivity index (χ3v) is 4.29. The standard InChI is InChI=1S/C19H23FN2O3/c1-12-6-7-24-18(12)19(23)21-9-15-4-5-17(16(20)8-15)22-10-13(2)25-14(3)11-22/h4-8,13-14H,9-11H2,1-3H3,(H,21,23). The van der Waals surface area contributed by atoms with E-state index in [1.165, 1.54) is 12.3 Å². The normalized spacial score (nSPS) is 20.6. The van der Waals surface area contributed by atoms with Crippen LogP contribution in [0, 0.1) is 12.7 Å². The van der Waals surface area contributed by atoms with Gasteiger partial charge in [-0.15, -0.1) is 0 Å². The van der Waals surface area contributed by atoms with E-state index in [9.17, 15) is 9.18 Å².